The number of aromatic nitrogens is 3. The highest BCUT2D eigenvalue weighted by atomic mass is 16.5. The van der Waals surface area contributed by atoms with E-state index >= 15 is 0 Å². The number of amides is 1. The summed E-state index contributed by atoms with van der Waals surface area (Å²) in [6, 6.07) is 9.31. The zero-order valence-electron chi connectivity index (χ0n) is 16.3. The third-order valence-corrected chi connectivity index (χ3v) is 6.13. The van der Waals surface area contributed by atoms with Crippen molar-refractivity contribution in [3.05, 3.63) is 57.6 Å². The van der Waals surface area contributed by atoms with Crippen molar-refractivity contribution >= 4 is 16.9 Å². The Balaban J connectivity index is 1.34. The number of carbonyl (C=O) groups is 1. The smallest absolute Gasteiger partial charge is 0.267 e. The van der Waals surface area contributed by atoms with Gasteiger partial charge >= 0.3 is 0 Å². The first-order valence-corrected chi connectivity index (χ1v) is 10.4. The lowest BCUT2D eigenvalue weighted by molar-refractivity contribution is -0.131. The lowest BCUT2D eigenvalue weighted by atomic mass is 9.97. The van der Waals surface area contributed by atoms with E-state index in [2.05, 4.69) is 10.3 Å². The van der Waals surface area contributed by atoms with Gasteiger partial charge in [-0.1, -0.05) is 17.3 Å². The number of hydrogen-bond donors (Lipinski definition) is 0. The number of nitrogens with zero attached hydrogens (tertiary/aromatic N) is 4. The number of para-hydroxylation sites is 1. The molecule has 0 saturated carbocycles. The van der Waals surface area contributed by atoms with Gasteiger partial charge in [0.15, 0.2) is 5.58 Å². The lowest BCUT2D eigenvalue weighted by Gasteiger charge is -2.25. The largest absolute Gasteiger partial charge is 0.356 e. The molecule has 1 amide bonds. The third-order valence-electron chi connectivity index (χ3n) is 6.13. The molecule has 3 aromatic rings. The van der Waals surface area contributed by atoms with Crippen molar-refractivity contribution < 1.29 is 9.32 Å². The molecule has 0 radical (unpaired) electrons. The minimum atomic E-state index is -0.0626. The van der Waals surface area contributed by atoms with E-state index in [-0.39, 0.29) is 23.9 Å². The van der Waals surface area contributed by atoms with Gasteiger partial charge in [0.2, 0.25) is 5.91 Å². The standard InChI is InChI=1S/C22H24N4O3/c27-21(13-19-17-8-2-4-10-20(17)29-24-19)25-11-5-7-16(25)14-26-22(28)12-15-6-1-3-9-18(15)23-26/h2,4,8,10,12,16H,1,3,5-7,9,11,13-14H2. The summed E-state index contributed by atoms with van der Waals surface area (Å²) in [5, 5.41) is 9.59. The van der Waals surface area contributed by atoms with Crippen LogP contribution in [0.25, 0.3) is 11.0 Å². The van der Waals surface area contributed by atoms with Gasteiger partial charge in [-0.05, 0) is 56.2 Å². The van der Waals surface area contributed by atoms with E-state index < -0.39 is 0 Å². The topological polar surface area (TPSA) is 81.2 Å². The highest BCUT2D eigenvalue weighted by molar-refractivity contribution is 5.86. The van der Waals surface area contributed by atoms with Gasteiger partial charge in [-0.25, -0.2) is 4.68 Å². The number of hydrogen-bond acceptors (Lipinski definition) is 5. The Hall–Kier alpha value is -2.96. The van der Waals surface area contributed by atoms with Crippen LogP contribution in [0.15, 0.2) is 39.6 Å². The fourth-order valence-corrected chi connectivity index (χ4v) is 4.60. The van der Waals surface area contributed by atoms with Crippen LogP contribution in [0.2, 0.25) is 0 Å². The molecule has 150 valence electrons. The maximum absolute atomic E-state index is 13.0. The van der Waals surface area contributed by atoms with Crippen LogP contribution in [0.5, 0.6) is 0 Å². The number of carbonyl (C=O) groups excluding carboxylic acids is 1. The van der Waals surface area contributed by atoms with Crippen LogP contribution in [0.4, 0.5) is 0 Å². The fraction of sp³-hybridized carbons (Fsp3) is 0.455. The Labute approximate surface area is 168 Å². The van der Waals surface area contributed by atoms with Crippen molar-refractivity contribution in [1.82, 2.24) is 19.8 Å². The monoisotopic (exact) mass is 392 g/mol. The number of likely N-dealkylation sites (tertiary alicyclic amines) is 1. The molecule has 29 heavy (non-hydrogen) atoms. The van der Waals surface area contributed by atoms with Crippen LogP contribution in [0.1, 0.15) is 42.6 Å². The maximum atomic E-state index is 13.0. The van der Waals surface area contributed by atoms with Gasteiger partial charge in [0.25, 0.3) is 5.56 Å². The molecule has 0 N–H and O–H groups in total. The summed E-state index contributed by atoms with van der Waals surface area (Å²) >= 11 is 0. The summed E-state index contributed by atoms with van der Waals surface area (Å²) in [5.41, 5.74) is 3.43. The van der Waals surface area contributed by atoms with Crippen LogP contribution >= 0.6 is 0 Å². The summed E-state index contributed by atoms with van der Waals surface area (Å²) < 4.78 is 6.89. The third kappa shape index (κ3) is 3.45. The number of fused-ring (bicyclic) bond motifs is 2. The minimum absolute atomic E-state index is 0.00694. The molecular weight excluding hydrogens is 368 g/mol. The average molecular weight is 392 g/mol. The molecule has 1 aliphatic carbocycles. The van der Waals surface area contributed by atoms with E-state index in [1.165, 1.54) is 0 Å². The van der Waals surface area contributed by atoms with Crippen molar-refractivity contribution in [2.45, 2.75) is 57.5 Å². The van der Waals surface area contributed by atoms with Gasteiger partial charge < -0.3 is 9.42 Å². The van der Waals surface area contributed by atoms with Gasteiger partial charge in [-0.15, -0.1) is 0 Å². The van der Waals surface area contributed by atoms with Gasteiger partial charge in [-0.2, -0.15) is 5.10 Å². The average Bonchev–Trinajstić information content (AvgIpc) is 3.36. The molecule has 7 heteroatoms. The number of benzene rings is 1. The Morgan fingerprint density at radius 1 is 1.17 bits per heavy atom. The van der Waals surface area contributed by atoms with Crippen molar-refractivity contribution in [3.8, 4) is 0 Å². The van der Waals surface area contributed by atoms with Crippen LogP contribution in [0.3, 0.4) is 0 Å². The van der Waals surface area contributed by atoms with Gasteiger partial charge in [0.1, 0.15) is 5.69 Å². The van der Waals surface area contributed by atoms with E-state index in [9.17, 15) is 9.59 Å². The second kappa shape index (κ2) is 7.46. The van der Waals surface area contributed by atoms with Gasteiger partial charge in [0.05, 0.1) is 24.7 Å². The van der Waals surface area contributed by atoms with Crippen molar-refractivity contribution in [3.63, 3.8) is 0 Å². The molecule has 0 spiro atoms. The van der Waals surface area contributed by atoms with E-state index in [0.29, 0.717) is 24.4 Å². The summed E-state index contributed by atoms with van der Waals surface area (Å²) in [6.45, 7) is 1.16. The summed E-state index contributed by atoms with van der Waals surface area (Å²) in [6.07, 6.45) is 6.16. The molecule has 2 aliphatic rings. The van der Waals surface area contributed by atoms with E-state index in [1.54, 1.807) is 10.7 Å². The Kier molecular flexibility index (Phi) is 4.66. The van der Waals surface area contributed by atoms with Crippen LogP contribution in [0, 0.1) is 0 Å². The molecule has 1 saturated heterocycles. The predicted molar refractivity (Wildman–Crippen MR) is 108 cm³/mol. The quantitative estimate of drug-likeness (QED) is 0.681. The molecule has 2 aromatic heterocycles. The SMILES string of the molecule is O=C(Cc1noc2ccccc12)N1CCCC1Cn1nc2c(cc1=O)CCCC2. The molecule has 1 aromatic carbocycles. The van der Waals surface area contributed by atoms with Gasteiger partial charge in [-0.3, -0.25) is 9.59 Å². The maximum Gasteiger partial charge on any atom is 0.267 e. The number of aryl methyl sites for hydroxylation is 2. The van der Waals surface area contributed by atoms with Crippen LogP contribution in [-0.4, -0.2) is 38.3 Å². The van der Waals surface area contributed by atoms with E-state index in [4.69, 9.17) is 4.52 Å². The molecule has 3 heterocycles. The molecular formula is C22H24N4O3. The molecule has 1 unspecified atom stereocenters. The molecule has 0 bridgehead atoms. The Morgan fingerprint density at radius 2 is 2.03 bits per heavy atom. The highest BCUT2D eigenvalue weighted by Crippen LogP contribution is 2.23. The molecule has 5 rings (SSSR count). The second-order valence-electron chi connectivity index (χ2n) is 8.03. The number of rotatable bonds is 4. The predicted octanol–water partition coefficient (Wildman–Crippen LogP) is 2.50. The second-order valence-corrected chi connectivity index (χ2v) is 8.03. The van der Waals surface area contributed by atoms with Gasteiger partial charge in [0, 0.05) is 18.0 Å². The summed E-state index contributed by atoms with van der Waals surface area (Å²) in [4.78, 5) is 27.4. The first-order chi connectivity index (χ1) is 14.2. The van der Waals surface area contributed by atoms with Crippen molar-refractivity contribution in [1.29, 1.82) is 0 Å². The normalized spacial score (nSPS) is 18.9. The minimum Gasteiger partial charge on any atom is -0.356 e. The molecule has 7 nitrogen and oxygen atoms in total. The van der Waals surface area contributed by atoms with Crippen molar-refractivity contribution in [2.75, 3.05) is 6.54 Å². The first kappa shape index (κ1) is 18.1. The zero-order chi connectivity index (χ0) is 19.8. The van der Waals surface area contributed by atoms with Crippen LogP contribution < -0.4 is 5.56 Å². The lowest BCUT2D eigenvalue weighted by Crippen LogP contribution is -2.41. The Morgan fingerprint density at radius 3 is 2.97 bits per heavy atom. The first-order valence-electron chi connectivity index (χ1n) is 10.4. The molecule has 1 fully saturated rings. The highest BCUT2D eigenvalue weighted by Gasteiger charge is 2.30. The van der Waals surface area contributed by atoms with E-state index in [1.807, 2.05) is 29.2 Å². The summed E-state index contributed by atoms with van der Waals surface area (Å²) in [5.74, 6) is 0.0255. The van der Waals surface area contributed by atoms with E-state index in [0.717, 1.165) is 55.2 Å². The molecule has 1 atom stereocenters. The fourth-order valence-electron chi connectivity index (χ4n) is 4.60. The molecule has 1 aliphatic heterocycles. The Bertz CT molecular complexity index is 1120. The summed E-state index contributed by atoms with van der Waals surface area (Å²) in [7, 11) is 0. The zero-order valence-corrected chi connectivity index (χ0v) is 16.3. The van der Waals surface area contributed by atoms with Crippen molar-refractivity contribution in [2.24, 2.45) is 0 Å². The van der Waals surface area contributed by atoms with Crippen LogP contribution in [-0.2, 0) is 30.6 Å².